The third-order valence-electron chi connectivity index (χ3n) is 4.04. The molecule has 0 unspecified atom stereocenters. The van der Waals surface area contributed by atoms with E-state index < -0.39 is 9.84 Å². The molecule has 1 aliphatic heterocycles. The van der Waals surface area contributed by atoms with Crippen LogP contribution in [-0.4, -0.2) is 47.6 Å². The van der Waals surface area contributed by atoms with E-state index in [1.807, 2.05) is 13.8 Å². The lowest BCUT2D eigenvalue weighted by Gasteiger charge is -2.10. The summed E-state index contributed by atoms with van der Waals surface area (Å²) in [5, 5.41) is 4.64. The van der Waals surface area contributed by atoms with Crippen molar-refractivity contribution < 1.29 is 13.2 Å². The van der Waals surface area contributed by atoms with Gasteiger partial charge in [0.1, 0.15) is 15.7 Å². The van der Waals surface area contributed by atoms with Gasteiger partial charge in [0, 0.05) is 16.3 Å². The van der Waals surface area contributed by atoms with Gasteiger partial charge in [0.15, 0.2) is 9.84 Å². The fourth-order valence-electron chi connectivity index (χ4n) is 2.73. The number of thioether (sulfide) groups is 1. The average Bonchev–Trinajstić information content (AvgIpc) is 2.96. The first-order valence-corrected chi connectivity index (χ1v) is 11.2. The van der Waals surface area contributed by atoms with E-state index in [0.29, 0.717) is 12.2 Å². The van der Waals surface area contributed by atoms with Crippen molar-refractivity contribution in [3.63, 3.8) is 0 Å². The third kappa shape index (κ3) is 3.73. The molecular weight excluding hydrogens is 366 g/mol. The maximum atomic E-state index is 12.1. The Morgan fingerprint density at radius 3 is 2.75 bits per heavy atom. The van der Waals surface area contributed by atoms with Crippen molar-refractivity contribution in [2.75, 3.05) is 17.3 Å². The van der Waals surface area contributed by atoms with Crippen LogP contribution in [0.15, 0.2) is 5.03 Å². The van der Waals surface area contributed by atoms with Gasteiger partial charge in [0.05, 0.1) is 17.3 Å². The Balaban J connectivity index is 1.70. The van der Waals surface area contributed by atoms with Crippen LogP contribution < -0.4 is 5.32 Å². The number of nitrogens with zero attached hydrogens (tertiary/aromatic N) is 2. The van der Waals surface area contributed by atoms with E-state index in [1.165, 1.54) is 16.6 Å². The number of fused-ring (bicyclic) bond motifs is 1. The van der Waals surface area contributed by atoms with Crippen molar-refractivity contribution in [2.45, 2.75) is 38.3 Å². The molecule has 3 rings (SSSR count). The zero-order chi connectivity index (χ0) is 17.5. The number of sulfone groups is 1. The van der Waals surface area contributed by atoms with E-state index in [2.05, 4.69) is 22.2 Å². The molecule has 3 heterocycles. The number of aromatic nitrogens is 2. The highest BCUT2D eigenvalue weighted by Crippen LogP contribution is 2.35. The highest BCUT2D eigenvalue weighted by Gasteiger charge is 2.28. The minimum atomic E-state index is -2.99. The summed E-state index contributed by atoms with van der Waals surface area (Å²) in [4.78, 5) is 23.2. The number of thiophene rings is 1. The highest BCUT2D eigenvalue weighted by molar-refractivity contribution is 8.00. The molecule has 0 saturated carbocycles. The van der Waals surface area contributed by atoms with Gasteiger partial charge in [-0.15, -0.1) is 11.3 Å². The Labute approximate surface area is 149 Å². The quantitative estimate of drug-likeness (QED) is 0.640. The fourth-order valence-corrected chi connectivity index (χ4v) is 6.49. The molecule has 0 aromatic carbocycles. The van der Waals surface area contributed by atoms with Gasteiger partial charge in [0.25, 0.3) is 0 Å². The number of nitrogens with one attached hydrogen (secondary N) is 1. The van der Waals surface area contributed by atoms with Crippen molar-refractivity contribution in [3.05, 3.63) is 16.3 Å². The molecule has 0 bridgehead atoms. The van der Waals surface area contributed by atoms with Gasteiger partial charge in [-0.05, 0) is 32.8 Å². The fraction of sp³-hybridized carbons (Fsp3) is 0.533. The second kappa shape index (κ2) is 6.61. The molecule has 1 N–H and O–H groups in total. The molecule has 1 fully saturated rings. The van der Waals surface area contributed by atoms with Crippen LogP contribution in [0.1, 0.15) is 22.7 Å². The molecule has 2 aromatic heterocycles. The molecule has 9 heteroatoms. The van der Waals surface area contributed by atoms with Gasteiger partial charge < -0.3 is 5.32 Å². The monoisotopic (exact) mass is 385 g/mol. The van der Waals surface area contributed by atoms with E-state index in [-0.39, 0.29) is 29.2 Å². The lowest BCUT2D eigenvalue weighted by atomic mass is 10.2. The van der Waals surface area contributed by atoms with Crippen LogP contribution >= 0.6 is 23.1 Å². The van der Waals surface area contributed by atoms with Crippen LogP contribution in [0.2, 0.25) is 0 Å². The van der Waals surface area contributed by atoms with Crippen molar-refractivity contribution in [2.24, 2.45) is 0 Å². The number of hydrogen-bond acceptors (Lipinski definition) is 7. The van der Waals surface area contributed by atoms with Crippen molar-refractivity contribution in [1.82, 2.24) is 15.3 Å². The summed E-state index contributed by atoms with van der Waals surface area (Å²) >= 11 is 3.01. The third-order valence-corrected chi connectivity index (χ3v) is 7.89. The number of amides is 1. The minimum Gasteiger partial charge on any atom is -0.352 e. The number of carbonyl (C=O) groups excluding carboxylic acids is 1. The molecule has 130 valence electrons. The molecular formula is C15H19N3O3S3. The summed E-state index contributed by atoms with van der Waals surface area (Å²) in [5.74, 6) is 0.952. The number of hydrogen-bond donors (Lipinski definition) is 1. The lowest BCUT2D eigenvalue weighted by molar-refractivity contribution is -0.119. The van der Waals surface area contributed by atoms with Crippen LogP contribution in [0.4, 0.5) is 0 Å². The van der Waals surface area contributed by atoms with Crippen LogP contribution in [0, 0.1) is 20.8 Å². The van der Waals surface area contributed by atoms with E-state index in [1.54, 1.807) is 11.3 Å². The Morgan fingerprint density at radius 1 is 1.33 bits per heavy atom. The normalized spacial score (nSPS) is 19.7. The Kier molecular flexibility index (Phi) is 4.85. The van der Waals surface area contributed by atoms with Crippen LogP contribution in [0.3, 0.4) is 0 Å². The molecule has 1 atom stereocenters. The predicted molar refractivity (Wildman–Crippen MR) is 97.6 cm³/mol. The summed E-state index contributed by atoms with van der Waals surface area (Å²) in [6.45, 7) is 5.94. The summed E-state index contributed by atoms with van der Waals surface area (Å²) in [7, 11) is -2.99. The maximum absolute atomic E-state index is 12.1. The smallest absolute Gasteiger partial charge is 0.230 e. The standard InChI is InChI=1S/C15H19N3O3S3/c1-8-9(2)23-15-13(8)14(16-10(3)17-15)22-6-12(19)18-11-4-5-24(20,21)7-11/h11H,4-7H2,1-3H3,(H,18,19)/t11-/m1/s1. The minimum absolute atomic E-state index is 0.0447. The Morgan fingerprint density at radius 2 is 2.08 bits per heavy atom. The van der Waals surface area contributed by atoms with Gasteiger partial charge in [0.2, 0.25) is 5.91 Å². The molecule has 0 spiro atoms. The average molecular weight is 386 g/mol. The topological polar surface area (TPSA) is 89.0 Å². The van der Waals surface area contributed by atoms with Gasteiger partial charge in [-0.3, -0.25) is 4.79 Å². The SMILES string of the molecule is Cc1nc(SCC(=O)N[C@@H]2CCS(=O)(=O)C2)c2c(C)c(C)sc2n1. The van der Waals surface area contributed by atoms with E-state index in [0.717, 1.165) is 20.8 Å². The summed E-state index contributed by atoms with van der Waals surface area (Å²) < 4.78 is 22.9. The molecule has 6 nitrogen and oxygen atoms in total. The first-order chi connectivity index (χ1) is 11.2. The first-order valence-electron chi connectivity index (χ1n) is 7.62. The van der Waals surface area contributed by atoms with Crippen LogP contribution in [-0.2, 0) is 14.6 Å². The van der Waals surface area contributed by atoms with Crippen molar-refractivity contribution >= 4 is 49.1 Å². The highest BCUT2D eigenvalue weighted by atomic mass is 32.2. The largest absolute Gasteiger partial charge is 0.352 e. The van der Waals surface area contributed by atoms with Gasteiger partial charge in [-0.2, -0.15) is 0 Å². The number of aryl methyl sites for hydroxylation is 3. The Hall–Kier alpha value is -1.19. The van der Waals surface area contributed by atoms with E-state index in [9.17, 15) is 13.2 Å². The second-order valence-electron chi connectivity index (χ2n) is 6.00. The van der Waals surface area contributed by atoms with Gasteiger partial charge >= 0.3 is 0 Å². The number of carbonyl (C=O) groups is 1. The first kappa shape index (κ1) is 17.6. The Bertz CT molecular complexity index is 906. The van der Waals surface area contributed by atoms with E-state index in [4.69, 9.17) is 0 Å². The predicted octanol–water partition coefficient (Wildman–Crippen LogP) is 2.01. The second-order valence-corrected chi connectivity index (χ2v) is 10.4. The van der Waals surface area contributed by atoms with Crippen LogP contribution in [0.25, 0.3) is 10.2 Å². The van der Waals surface area contributed by atoms with Crippen molar-refractivity contribution in [1.29, 1.82) is 0 Å². The molecule has 24 heavy (non-hydrogen) atoms. The van der Waals surface area contributed by atoms with Crippen LogP contribution in [0.5, 0.6) is 0 Å². The summed E-state index contributed by atoms with van der Waals surface area (Å²) in [6.07, 6.45) is 0.498. The summed E-state index contributed by atoms with van der Waals surface area (Å²) in [6, 6.07) is -0.264. The maximum Gasteiger partial charge on any atom is 0.230 e. The molecule has 2 aromatic rings. The molecule has 0 radical (unpaired) electrons. The van der Waals surface area contributed by atoms with Gasteiger partial charge in [-0.1, -0.05) is 11.8 Å². The van der Waals surface area contributed by atoms with Crippen molar-refractivity contribution in [3.8, 4) is 0 Å². The molecule has 1 saturated heterocycles. The molecule has 1 aliphatic rings. The lowest BCUT2D eigenvalue weighted by Crippen LogP contribution is -2.36. The number of rotatable bonds is 4. The zero-order valence-corrected chi connectivity index (χ0v) is 16.2. The zero-order valence-electron chi connectivity index (χ0n) is 13.7. The molecule has 1 amide bonds. The molecule has 0 aliphatic carbocycles. The summed E-state index contributed by atoms with van der Waals surface area (Å²) in [5.41, 5.74) is 1.15. The van der Waals surface area contributed by atoms with Gasteiger partial charge in [-0.25, -0.2) is 18.4 Å². The van der Waals surface area contributed by atoms with E-state index >= 15 is 0 Å².